The number of carbonyl (C=O) groups excluding carboxylic acids is 1. The quantitative estimate of drug-likeness (QED) is 0.808. The van der Waals surface area contributed by atoms with E-state index in [0.29, 0.717) is 0 Å². The van der Waals surface area contributed by atoms with Crippen molar-refractivity contribution >= 4 is 11.7 Å². The van der Waals surface area contributed by atoms with Gasteiger partial charge in [-0.15, -0.1) is 0 Å². The van der Waals surface area contributed by atoms with Crippen LogP contribution in [-0.4, -0.2) is 22.8 Å². The second-order valence-corrected chi connectivity index (χ2v) is 3.42. The molecular formula is C11H12N4O2. The fraction of sp³-hybridized carbons (Fsp3) is 0.0909. The molecule has 0 aliphatic carbocycles. The number of carbonyl (C=O) groups is 1. The Hall–Kier alpha value is -2.50. The Kier molecular flexibility index (Phi) is 2.70. The van der Waals surface area contributed by atoms with Crippen LogP contribution in [0.4, 0.5) is 5.82 Å². The third-order valence-corrected chi connectivity index (χ3v) is 2.39. The molecule has 0 bridgehead atoms. The molecule has 6 nitrogen and oxygen atoms in total. The first kappa shape index (κ1) is 11.0. The minimum atomic E-state index is -0.595. The highest BCUT2D eigenvalue weighted by atomic mass is 16.5. The summed E-state index contributed by atoms with van der Waals surface area (Å²) >= 11 is 0. The third-order valence-electron chi connectivity index (χ3n) is 2.39. The maximum absolute atomic E-state index is 11.0. The van der Waals surface area contributed by atoms with Gasteiger partial charge in [-0.05, 0) is 24.3 Å². The van der Waals surface area contributed by atoms with Crippen LogP contribution in [0.3, 0.4) is 0 Å². The van der Waals surface area contributed by atoms with Gasteiger partial charge in [-0.3, -0.25) is 4.79 Å². The summed E-state index contributed by atoms with van der Waals surface area (Å²) in [6.07, 6.45) is 1.35. The molecule has 4 N–H and O–H groups in total. The molecule has 0 spiro atoms. The molecule has 0 fully saturated rings. The summed E-state index contributed by atoms with van der Waals surface area (Å²) in [4.78, 5) is 11.0. The highest BCUT2D eigenvalue weighted by molar-refractivity contribution is 5.97. The van der Waals surface area contributed by atoms with Crippen LogP contribution in [0.15, 0.2) is 30.5 Å². The van der Waals surface area contributed by atoms with E-state index in [-0.39, 0.29) is 11.4 Å². The Labute approximate surface area is 97.8 Å². The molecule has 17 heavy (non-hydrogen) atoms. The summed E-state index contributed by atoms with van der Waals surface area (Å²) in [6, 6.07) is 7.13. The van der Waals surface area contributed by atoms with Crippen molar-refractivity contribution in [3.63, 3.8) is 0 Å². The topological polar surface area (TPSA) is 96.2 Å². The van der Waals surface area contributed by atoms with Crippen molar-refractivity contribution in [3.8, 4) is 11.4 Å². The minimum absolute atomic E-state index is 0.209. The maximum atomic E-state index is 11.0. The lowest BCUT2D eigenvalue weighted by Gasteiger charge is -2.05. The summed E-state index contributed by atoms with van der Waals surface area (Å²) in [5, 5.41) is 4.01. The number of nitrogens with two attached hydrogens (primary N) is 2. The Morgan fingerprint density at radius 2 is 2.00 bits per heavy atom. The number of rotatable bonds is 3. The molecule has 0 aliphatic rings. The Morgan fingerprint density at radius 1 is 1.35 bits per heavy atom. The fourth-order valence-electron chi connectivity index (χ4n) is 1.48. The van der Waals surface area contributed by atoms with E-state index in [1.54, 1.807) is 31.4 Å². The van der Waals surface area contributed by atoms with Gasteiger partial charge in [0.1, 0.15) is 17.1 Å². The average molecular weight is 232 g/mol. The highest BCUT2D eigenvalue weighted by Crippen LogP contribution is 2.19. The molecule has 0 atom stereocenters. The van der Waals surface area contributed by atoms with Crippen molar-refractivity contribution in [1.82, 2.24) is 9.78 Å². The van der Waals surface area contributed by atoms with E-state index in [0.717, 1.165) is 11.4 Å². The number of benzene rings is 1. The third kappa shape index (κ3) is 1.92. The number of methoxy groups -OCH3 is 1. The van der Waals surface area contributed by atoms with E-state index < -0.39 is 5.91 Å². The number of amides is 1. The molecule has 0 saturated heterocycles. The number of hydrogen-bond donors (Lipinski definition) is 2. The van der Waals surface area contributed by atoms with Crippen molar-refractivity contribution in [2.75, 3.05) is 12.8 Å². The summed E-state index contributed by atoms with van der Waals surface area (Å²) in [5.74, 6) is 0.361. The van der Waals surface area contributed by atoms with E-state index in [1.807, 2.05) is 0 Å². The lowest BCUT2D eigenvalue weighted by Crippen LogP contribution is -2.13. The summed E-state index contributed by atoms with van der Waals surface area (Å²) in [7, 11) is 1.59. The number of nitrogens with zero attached hydrogens (tertiary/aromatic N) is 2. The normalized spacial score (nSPS) is 10.2. The molecule has 2 aromatic rings. The first-order valence-corrected chi connectivity index (χ1v) is 4.91. The number of ether oxygens (including phenoxy) is 1. The highest BCUT2D eigenvalue weighted by Gasteiger charge is 2.12. The SMILES string of the molecule is COc1ccc(-n2ncc(C(N)=O)c2N)cc1. The van der Waals surface area contributed by atoms with Gasteiger partial charge in [0, 0.05) is 0 Å². The van der Waals surface area contributed by atoms with Gasteiger partial charge in [0.2, 0.25) is 0 Å². The van der Waals surface area contributed by atoms with E-state index in [9.17, 15) is 4.79 Å². The standard InChI is InChI=1S/C11H12N4O2/c1-17-8-4-2-7(3-5-8)15-10(12)9(6-14-15)11(13)16/h2-6H,12H2,1H3,(H2,13,16). The van der Waals surface area contributed by atoms with Crippen molar-refractivity contribution in [2.24, 2.45) is 5.73 Å². The zero-order valence-electron chi connectivity index (χ0n) is 9.25. The van der Waals surface area contributed by atoms with Gasteiger partial charge in [-0.25, -0.2) is 4.68 Å². The number of anilines is 1. The monoisotopic (exact) mass is 232 g/mol. The molecule has 1 aromatic carbocycles. The average Bonchev–Trinajstić information content (AvgIpc) is 2.71. The second kappa shape index (κ2) is 4.17. The smallest absolute Gasteiger partial charge is 0.254 e. The van der Waals surface area contributed by atoms with Crippen LogP contribution in [-0.2, 0) is 0 Å². The van der Waals surface area contributed by atoms with Gasteiger partial charge in [-0.1, -0.05) is 0 Å². The molecule has 0 aliphatic heterocycles. The largest absolute Gasteiger partial charge is 0.497 e. The van der Waals surface area contributed by atoms with Crippen LogP contribution in [0.2, 0.25) is 0 Å². The van der Waals surface area contributed by atoms with Gasteiger partial charge >= 0.3 is 0 Å². The maximum Gasteiger partial charge on any atom is 0.254 e. The van der Waals surface area contributed by atoms with E-state index in [1.165, 1.54) is 10.9 Å². The van der Waals surface area contributed by atoms with Crippen molar-refractivity contribution in [2.45, 2.75) is 0 Å². The molecule has 0 saturated carbocycles. The number of hydrogen-bond acceptors (Lipinski definition) is 4. The Bertz CT molecular complexity index is 545. The van der Waals surface area contributed by atoms with E-state index >= 15 is 0 Å². The molecule has 0 radical (unpaired) electrons. The molecule has 1 amide bonds. The molecular weight excluding hydrogens is 220 g/mol. The summed E-state index contributed by atoms with van der Waals surface area (Å²) < 4.78 is 6.49. The molecule has 6 heteroatoms. The van der Waals surface area contributed by atoms with Gasteiger partial charge in [0.25, 0.3) is 5.91 Å². The van der Waals surface area contributed by atoms with E-state index in [4.69, 9.17) is 16.2 Å². The lowest BCUT2D eigenvalue weighted by atomic mass is 10.3. The van der Waals surface area contributed by atoms with Crippen molar-refractivity contribution < 1.29 is 9.53 Å². The Morgan fingerprint density at radius 3 is 2.47 bits per heavy atom. The minimum Gasteiger partial charge on any atom is -0.497 e. The van der Waals surface area contributed by atoms with Crippen LogP contribution >= 0.6 is 0 Å². The van der Waals surface area contributed by atoms with Crippen LogP contribution in [0.25, 0.3) is 5.69 Å². The van der Waals surface area contributed by atoms with Crippen LogP contribution < -0.4 is 16.2 Å². The Balaban J connectivity index is 2.42. The van der Waals surface area contributed by atoms with Crippen LogP contribution in [0.5, 0.6) is 5.75 Å². The van der Waals surface area contributed by atoms with Crippen molar-refractivity contribution in [1.29, 1.82) is 0 Å². The van der Waals surface area contributed by atoms with E-state index in [2.05, 4.69) is 5.10 Å². The molecule has 88 valence electrons. The van der Waals surface area contributed by atoms with Crippen LogP contribution in [0, 0.1) is 0 Å². The molecule has 1 heterocycles. The summed E-state index contributed by atoms with van der Waals surface area (Å²) in [6.45, 7) is 0. The van der Waals surface area contributed by atoms with Gasteiger partial charge in [-0.2, -0.15) is 5.10 Å². The van der Waals surface area contributed by atoms with Gasteiger partial charge < -0.3 is 16.2 Å². The number of aromatic nitrogens is 2. The molecule has 2 rings (SSSR count). The fourth-order valence-corrected chi connectivity index (χ4v) is 1.48. The molecule has 1 aromatic heterocycles. The first-order chi connectivity index (χ1) is 8.13. The first-order valence-electron chi connectivity index (χ1n) is 4.91. The zero-order chi connectivity index (χ0) is 12.4. The van der Waals surface area contributed by atoms with Gasteiger partial charge in [0.05, 0.1) is 19.0 Å². The van der Waals surface area contributed by atoms with Gasteiger partial charge in [0.15, 0.2) is 0 Å². The van der Waals surface area contributed by atoms with Crippen LogP contribution in [0.1, 0.15) is 10.4 Å². The van der Waals surface area contributed by atoms with Crippen molar-refractivity contribution in [3.05, 3.63) is 36.0 Å². The molecule has 0 unspecified atom stereocenters. The zero-order valence-corrected chi connectivity index (χ0v) is 9.25. The predicted molar refractivity (Wildman–Crippen MR) is 63.0 cm³/mol. The number of nitrogen functional groups attached to an aromatic ring is 1. The lowest BCUT2D eigenvalue weighted by molar-refractivity contribution is 0.100. The number of primary amides is 1. The second-order valence-electron chi connectivity index (χ2n) is 3.42. The summed E-state index contributed by atoms with van der Waals surface area (Å²) in [5.41, 5.74) is 11.9. The predicted octanol–water partition coefficient (Wildman–Crippen LogP) is 0.562.